The van der Waals surface area contributed by atoms with Gasteiger partial charge in [-0.25, -0.2) is 9.37 Å². The molecule has 1 aromatic carbocycles. The first-order valence-corrected chi connectivity index (χ1v) is 13.8. The van der Waals surface area contributed by atoms with Crippen LogP contribution in [0.1, 0.15) is 31.9 Å². The summed E-state index contributed by atoms with van der Waals surface area (Å²) in [6.45, 7) is 7.64. The molecule has 2 saturated heterocycles. The molecule has 4 heterocycles. The number of amides is 1. The molecule has 1 N–H and O–H groups in total. The minimum absolute atomic E-state index is 0.0137. The van der Waals surface area contributed by atoms with Crippen LogP contribution in [0.25, 0.3) is 10.8 Å². The molecule has 0 radical (unpaired) electrons. The van der Waals surface area contributed by atoms with E-state index in [-0.39, 0.29) is 24.3 Å². The van der Waals surface area contributed by atoms with E-state index in [9.17, 15) is 9.18 Å². The third kappa shape index (κ3) is 4.44. The molecular formula is C28H34ClFN6O2. The second-order valence-corrected chi connectivity index (χ2v) is 11.5. The molecule has 10 heteroatoms. The molecule has 0 spiro atoms. The summed E-state index contributed by atoms with van der Waals surface area (Å²) in [5.74, 6) is 0.864. The van der Waals surface area contributed by atoms with Crippen molar-refractivity contribution in [2.24, 2.45) is 18.9 Å². The van der Waals surface area contributed by atoms with Gasteiger partial charge in [0.15, 0.2) is 0 Å². The molecule has 2 aliphatic heterocycles. The van der Waals surface area contributed by atoms with Gasteiger partial charge in [0.1, 0.15) is 12.0 Å². The topological polar surface area (TPSA) is 75.5 Å². The van der Waals surface area contributed by atoms with Crippen LogP contribution in [-0.2, 0) is 16.6 Å². The van der Waals surface area contributed by atoms with Crippen molar-refractivity contribution >= 4 is 39.8 Å². The van der Waals surface area contributed by atoms with Crippen molar-refractivity contribution < 1.29 is 13.9 Å². The van der Waals surface area contributed by atoms with Gasteiger partial charge in [-0.2, -0.15) is 5.10 Å². The fourth-order valence-electron chi connectivity index (χ4n) is 6.31. The number of piperazine rings is 1. The van der Waals surface area contributed by atoms with Crippen LogP contribution < -0.4 is 10.2 Å². The summed E-state index contributed by atoms with van der Waals surface area (Å²) in [5, 5.41) is 10.1. The van der Waals surface area contributed by atoms with Crippen LogP contribution >= 0.6 is 11.6 Å². The smallest absolute Gasteiger partial charge is 0.229 e. The SMILES string of the molecule is CCC1C(C(=O)Nc2cc3cc(N4CCN([C@]5(C)COC[C@@H]5F)CC4)c(Cl)cc3cn2)C1c1ccn(C)n1. The summed E-state index contributed by atoms with van der Waals surface area (Å²) in [5.41, 5.74) is 1.35. The minimum Gasteiger partial charge on any atom is -0.376 e. The Balaban J connectivity index is 1.16. The van der Waals surface area contributed by atoms with Crippen molar-refractivity contribution in [2.45, 2.75) is 37.9 Å². The van der Waals surface area contributed by atoms with Crippen molar-refractivity contribution in [1.82, 2.24) is 19.7 Å². The second kappa shape index (κ2) is 9.77. The molecule has 5 atom stereocenters. The first kappa shape index (κ1) is 25.5. The number of rotatable bonds is 6. The number of nitrogens with zero attached hydrogens (tertiary/aromatic N) is 5. The molecule has 38 heavy (non-hydrogen) atoms. The standard InChI is InChI=1S/C28H34ClFN6O2/c1-4-19-25(21-5-6-34(3)33-21)26(19)27(37)32-24-13-17-12-22(20(29)11-18(17)14-31-24)35-7-9-36(10-8-35)28(2)16-38-15-23(28)30/h5-6,11-14,19,23,25-26H,4,7-10,15-16H2,1-3H3,(H,31,32,37)/t19?,23-,25?,26?,28+/m0/s1. The van der Waals surface area contributed by atoms with Gasteiger partial charge < -0.3 is 15.0 Å². The van der Waals surface area contributed by atoms with Gasteiger partial charge in [-0.05, 0) is 42.5 Å². The van der Waals surface area contributed by atoms with Gasteiger partial charge in [0.2, 0.25) is 5.91 Å². The number of carbonyl (C=O) groups excluding carboxylic acids is 1. The number of pyridine rings is 1. The average molecular weight is 541 g/mol. The molecule has 1 aliphatic carbocycles. The van der Waals surface area contributed by atoms with E-state index < -0.39 is 11.7 Å². The molecule has 1 saturated carbocycles. The van der Waals surface area contributed by atoms with Crippen LogP contribution in [0.2, 0.25) is 5.02 Å². The van der Waals surface area contributed by atoms with Gasteiger partial charge in [0.25, 0.3) is 0 Å². The summed E-state index contributed by atoms with van der Waals surface area (Å²) >= 11 is 6.69. The molecule has 3 fully saturated rings. The zero-order valence-corrected chi connectivity index (χ0v) is 22.8. The molecule has 6 rings (SSSR count). The lowest BCUT2D eigenvalue weighted by Gasteiger charge is -2.44. The van der Waals surface area contributed by atoms with Crippen molar-refractivity contribution in [3.63, 3.8) is 0 Å². The average Bonchev–Trinajstić information content (AvgIpc) is 3.33. The van der Waals surface area contributed by atoms with E-state index in [4.69, 9.17) is 16.3 Å². The number of fused-ring (bicyclic) bond motifs is 1. The van der Waals surface area contributed by atoms with Crippen molar-refractivity contribution in [2.75, 3.05) is 49.6 Å². The summed E-state index contributed by atoms with van der Waals surface area (Å²) in [7, 11) is 1.89. The maximum absolute atomic E-state index is 14.5. The number of nitrogens with one attached hydrogen (secondary N) is 1. The molecule has 3 aliphatic rings. The van der Waals surface area contributed by atoms with Gasteiger partial charge in [-0.1, -0.05) is 24.9 Å². The number of aryl methyl sites for hydroxylation is 1. The molecular weight excluding hydrogens is 507 g/mol. The van der Waals surface area contributed by atoms with Crippen LogP contribution in [-0.4, -0.2) is 76.7 Å². The van der Waals surface area contributed by atoms with Crippen molar-refractivity contribution in [3.8, 4) is 0 Å². The Morgan fingerprint density at radius 2 is 2.03 bits per heavy atom. The molecule has 3 aromatic rings. The van der Waals surface area contributed by atoms with Crippen LogP contribution in [0, 0.1) is 11.8 Å². The predicted octanol–water partition coefficient (Wildman–Crippen LogP) is 4.25. The Morgan fingerprint density at radius 3 is 2.68 bits per heavy atom. The molecule has 8 nitrogen and oxygen atoms in total. The fourth-order valence-corrected chi connectivity index (χ4v) is 6.61. The van der Waals surface area contributed by atoms with Crippen LogP contribution in [0.15, 0.2) is 36.7 Å². The third-order valence-corrected chi connectivity index (χ3v) is 9.04. The van der Waals surface area contributed by atoms with Crippen molar-refractivity contribution in [3.05, 3.63) is 47.4 Å². The third-order valence-electron chi connectivity index (χ3n) is 8.73. The van der Waals surface area contributed by atoms with E-state index in [1.165, 1.54) is 0 Å². The molecule has 202 valence electrons. The number of ether oxygens (including phenoxy) is 1. The van der Waals surface area contributed by atoms with E-state index in [0.717, 1.165) is 54.8 Å². The highest BCUT2D eigenvalue weighted by molar-refractivity contribution is 6.34. The van der Waals surface area contributed by atoms with Crippen LogP contribution in [0.4, 0.5) is 15.9 Å². The summed E-state index contributed by atoms with van der Waals surface area (Å²) in [6.07, 6.45) is 3.63. The van der Waals surface area contributed by atoms with E-state index in [1.54, 1.807) is 10.9 Å². The number of anilines is 2. The zero-order valence-electron chi connectivity index (χ0n) is 22.0. The Hall–Kier alpha value is -2.75. The molecule has 1 amide bonds. The number of carbonyl (C=O) groups is 1. The molecule has 2 aromatic heterocycles. The first-order chi connectivity index (χ1) is 18.3. The second-order valence-electron chi connectivity index (χ2n) is 11.1. The van der Waals surface area contributed by atoms with Gasteiger partial charge >= 0.3 is 0 Å². The zero-order chi connectivity index (χ0) is 26.6. The van der Waals surface area contributed by atoms with Crippen LogP contribution in [0.5, 0.6) is 0 Å². The number of aromatic nitrogens is 3. The molecule has 0 bridgehead atoms. The predicted molar refractivity (Wildman–Crippen MR) is 147 cm³/mol. The lowest BCUT2D eigenvalue weighted by molar-refractivity contribution is -0.117. The Labute approximate surface area is 227 Å². The summed E-state index contributed by atoms with van der Waals surface area (Å²) in [6, 6.07) is 7.89. The summed E-state index contributed by atoms with van der Waals surface area (Å²) in [4.78, 5) is 22.1. The highest BCUT2D eigenvalue weighted by Gasteiger charge is 2.55. The normalized spacial score (nSPS) is 29.7. The fraction of sp³-hybridized carbons (Fsp3) is 0.536. The van der Waals surface area contributed by atoms with E-state index in [2.05, 4.69) is 38.2 Å². The number of hydrogen-bond acceptors (Lipinski definition) is 6. The van der Waals surface area contributed by atoms with E-state index >= 15 is 0 Å². The number of alkyl halides is 1. The number of benzene rings is 1. The Kier molecular flexibility index (Phi) is 6.56. The Morgan fingerprint density at radius 1 is 1.24 bits per heavy atom. The largest absolute Gasteiger partial charge is 0.376 e. The highest BCUT2D eigenvalue weighted by Crippen LogP contribution is 2.55. The number of halogens is 2. The maximum Gasteiger partial charge on any atom is 0.229 e. The summed E-state index contributed by atoms with van der Waals surface area (Å²) < 4.78 is 21.7. The lowest BCUT2D eigenvalue weighted by atomic mass is 9.96. The van der Waals surface area contributed by atoms with Crippen LogP contribution in [0.3, 0.4) is 0 Å². The highest BCUT2D eigenvalue weighted by atomic mass is 35.5. The first-order valence-electron chi connectivity index (χ1n) is 13.4. The Bertz CT molecular complexity index is 1360. The minimum atomic E-state index is -0.970. The van der Waals surface area contributed by atoms with Gasteiger partial charge in [-0.3, -0.25) is 14.4 Å². The van der Waals surface area contributed by atoms with Gasteiger partial charge in [-0.15, -0.1) is 0 Å². The van der Waals surface area contributed by atoms with Gasteiger partial charge in [0, 0.05) is 56.9 Å². The quantitative estimate of drug-likeness (QED) is 0.504. The monoisotopic (exact) mass is 540 g/mol. The lowest BCUT2D eigenvalue weighted by Crippen LogP contribution is -2.59. The maximum atomic E-state index is 14.5. The number of hydrogen-bond donors (Lipinski definition) is 1. The molecule has 3 unspecified atom stereocenters. The van der Waals surface area contributed by atoms with E-state index in [1.807, 2.05) is 38.4 Å². The van der Waals surface area contributed by atoms with Gasteiger partial charge in [0.05, 0.1) is 41.1 Å². The van der Waals surface area contributed by atoms with E-state index in [0.29, 0.717) is 23.4 Å². The van der Waals surface area contributed by atoms with Crippen molar-refractivity contribution in [1.29, 1.82) is 0 Å².